The molecule has 0 radical (unpaired) electrons. The molecule has 5 nitrogen and oxygen atoms in total. The second kappa shape index (κ2) is 9.77. The number of hydrogen-bond acceptors (Lipinski definition) is 5. The molecule has 0 unspecified atom stereocenters. The summed E-state index contributed by atoms with van der Waals surface area (Å²) in [5, 5.41) is -0.333. The lowest BCUT2D eigenvalue weighted by molar-refractivity contribution is -0.123. The molecule has 7 heteroatoms. The molecule has 0 spiro atoms. The van der Waals surface area contributed by atoms with Crippen LogP contribution in [0.15, 0.2) is 76.1 Å². The maximum atomic E-state index is 13.0. The summed E-state index contributed by atoms with van der Waals surface area (Å²) in [6.45, 7) is 4.12. The van der Waals surface area contributed by atoms with Crippen LogP contribution < -0.4 is 4.74 Å². The maximum absolute atomic E-state index is 13.0. The number of rotatable bonds is 5. The van der Waals surface area contributed by atoms with Crippen molar-refractivity contribution in [1.29, 1.82) is 0 Å². The first-order valence-corrected chi connectivity index (χ1v) is 11.8. The molecule has 33 heavy (non-hydrogen) atoms. The van der Waals surface area contributed by atoms with Crippen molar-refractivity contribution in [2.24, 2.45) is 0 Å². The molecular formula is C26H20BrNO4S. The van der Waals surface area contributed by atoms with Crippen molar-refractivity contribution in [2.75, 3.05) is 0 Å². The summed E-state index contributed by atoms with van der Waals surface area (Å²) in [4.78, 5) is 39.6. The van der Waals surface area contributed by atoms with Gasteiger partial charge in [-0.1, -0.05) is 63.5 Å². The molecular weight excluding hydrogens is 502 g/mol. The maximum Gasteiger partial charge on any atom is 0.343 e. The summed E-state index contributed by atoms with van der Waals surface area (Å²) in [5.74, 6) is -0.574. The lowest BCUT2D eigenvalue weighted by Crippen LogP contribution is -2.27. The normalized spacial score (nSPS) is 14.8. The van der Waals surface area contributed by atoms with Gasteiger partial charge in [-0.05, 0) is 67.6 Å². The van der Waals surface area contributed by atoms with Crippen molar-refractivity contribution in [1.82, 2.24) is 4.90 Å². The molecule has 0 bridgehead atoms. The summed E-state index contributed by atoms with van der Waals surface area (Å²) in [6, 6.07) is 19.9. The van der Waals surface area contributed by atoms with Gasteiger partial charge in [-0.25, -0.2) is 4.79 Å². The SMILES string of the molecule is Cc1ccc(CN2C(=O)S/C(=C\c3cc(Br)ccc3OC(=O)c3ccc(C)cc3)C2=O)cc1. The van der Waals surface area contributed by atoms with Gasteiger partial charge >= 0.3 is 5.97 Å². The number of benzene rings is 3. The van der Waals surface area contributed by atoms with Crippen LogP contribution in [0.4, 0.5) is 4.79 Å². The van der Waals surface area contributed by atoms with E-state index in [0.717, 1.165) is 32.9 Å². The van der Waals surface area contributed by atoms with Crippen molar-refractivity contribution in [3.05, 3.63) is 104 Å². The van der Waals surface area contributed by atoms with E-state index in [-0.39, 0.29) is 22.6 Å². The zero-order valence-corrected chi connectivity index (χ0v) is 20.4. The minimum Gasteiger partial charge on any atom is -0.422 e. The monoisotopic (exact) mass is 521 g/mol. The molecule has 166 valence electrons. The van der Waals surface area contributed by atoms with Crippen LogP contribution in [0.5, 0.6) is 5.75 Å². The van der Waals surface area contributed by atoms with E-state index in [4.69, 9.17) is 4.74 Å². The molecule has 0 N–H and O–H groups in total. The second-order valence-corrected chi connectivity index (χ2v) is 9.60. The zero-order valence-electron chi connectivity index (χ0n) is 18.0. The molecule has 2 amide bonds. The largest absolute Gasteiger partial charge is 0.422 e. The molecule has 1 aliphatic rings. The van der Waals surface area contributed by atoms with Crippen LogP contribution in [-0.4, -0.2) is 22.0 Å². The van der Waals surface area contributed by atoms with Gasteiger partial charge in [0, 0.05) is 10.0 Å². The van der Waals surface area contributed by atoms with Gasteiger partial charge in [0.05, 0.1) is 17.0 Å². The van der Waals surface area contributed by atoms with Crippen molar-refractivity contribution in [2.45, 2.75) is 20.4 Å². The van der Waals surface area contributed by atoms with E-state index in [9.17, 15) is 14.4 Å². The zero-order chi connectivity index (χ0) is 23.5. The topological polar surface area (TPSA) is 63.7 Å². The van der Waals surface area contributed by atoms with Crippen molar-refractivity contribution >= 4 is 50.9 Å². The van der Waals surface area contributed by atoms with Gasteiger partial charge in [-0.3, -0.25) is 14.5 Å². The quantitative estimate of drug-likeness (QED) is 0.217. The first kappa shape index (κ1) is 23.0. The minimum absolute atomic E-state index is 0.204. The van der Waals surface area contributed by atoms with Crippen LogP contribution in [0.25, 0.3) is 6.08 Å². The molecule has 0 atom stereocenters. The van der Waals surface area contributed by atoms with Crippen LogP contribution in [0.2, 0.25) is 0 Å². The number of esters is 1. The predicted molar refractivity (Wildman–Crippen MR) is 133 cm³/mol. The molecule has 3 aromatic rings. The number of nitrogens with zero attached hydrogens (tertiary/aromatic N) is 1. The molecule has 1 fully saturated rings. The van der Waals surface area contributed by atoms with Gasteiger partial charge in [-0.2, -0.15) is 0 Å². The number of imide groups is 1. The Bertz CT molecular complexity index is 1270. The second-order valence-electron chi connectivity index (χ2n) is 7.69. The van der Waals surface area contributed by atoms with E-state index in [1.165, 1.54) is 4.90 Å². The molecule has 0 aliphatic carbocycles. The van der Waals surface area contributed by atoms with Gasteiger partial charge in [-0.15, -0.1) is 0 Å². The van der Waals surface area contributed by atoms with E-state index in [0.29, 0.717) is 16.9 Å². The van der Waals surface area contributed by atoms with Gasteiger partial charge in [0.1, 0.15) is 5.75 Å². The third-order valence-corrected chi connectivity index (χ3v) is 6.48. The highest BCUT2D eigenvalue weighted by atomic mass is 79.9. The lowest BCUT2D eigenvalue weighted by atomic mass is 10.1. The highest BCUT2D eigenvalue weighted by Crippen LogP contribution is 2.36. The summed E-state index contributed by atoms with van der Waals surface area (Å²) < 4.78 is 6.36. The van der Waals surface area contributed by atoms with E-state index in [1.54, 1.807) is 36.4 Å². The van der Waals surface area contributed by atoms with Crippen LogP contribution in [0, 0.1) is 13.8 Å². The van der Waals surface area contributed by atoms with Gasteiger partial charge in [0.15, 0.2) is 0 Å². The number of thioether (sulfide) groups is 1. The number of hydrogen-bond donors (Lipinski definition) is 0. The summed E-state index contributed by atoms with van der Waals surface area (Å²) in [7, 11) is 0. The lowest BCUT2D eigenvalue weighted by Gasteiger charge is -2.12. The standard InChI is InChI=1S/C26H20BrNO4S/c1-16-3-7-18(8-4-16)15-28-24(29)23(33-26(28)31)14-20-13-21(27)11-12-22(20)32-25(30)19-9-5-17(2)6-10-19/h3-14H,15H2,1-2H3/b23-14-. The van der Waals surface area contributed by atoms with Crippen LogP contribution in [-0.2, 0) is 11.3 Å². The molecule has 1 aliphatic heterocycles. The minimum atomic E-state index is -0.501. The van der Waals surface area contributed by atoms with Crippen LogP contribution in [0.3, 0.4) is 0 Å². The van der Waals surface area contributed by atoms with E-state index >= 15 is 0 Å². The summed E-state index contributed by atoms with van der Waals surface area (Å²) in [6.07, 6.45) is 1.59. The van der Waals surface area contributed by atoms with Gasteiger partial charge < -0.3 is 4.74 Å². The first-order chi connectivity index (χ1) is 15.8. The van der Waals surface area contributed by atoms with Crippen LogP contribution in [0.1, 0.15) is 32.6 Å². The number of carbonyl (C=O) groups excluding carboxylic acids is 3. The number of ether oxygens (including phenoxy) is 1. The Morgan fingerprint density at radius 3 is 2.27 bits per heavy atom. The molecule has 1 heterocycles. The van der Waals surface area contributed by atoms with Gasteiger partial charge in [0.25, 0.3) is 11.1 Å². The molecule has 3 aromatic carbocycles. The Balaban J connectivity index is 1.58. The Labute approximate surface area is 204 Å². The van der Waals surface area contributed by atoms with Crippen molar-refractivity contribution < 1.29 is 19.1 Å². The number of carbonyl (C=O) groups is 3. The average molecular weight is 522 g/mol. The first-order valence-electron chi connectivity index (χ1n) is 10.2. The summed E-state index contributed by atoms with van der Waals surface area (Å²) in [5.41, 5.74) is 3.96. The van der Waals surface area contributed by atoms with Crippen molar-refractivity contribution in [3.63, 3.8) is 0 Å². The Morgan fingerprint density at radius 1 is 0.970 bits per heavy atom. The smallest absolute Gasteiger partial charge is 0.343 e. The fourth-order valence-corrected chi connectivity index (χ4v) is 4.44. The number of aryl methyl sites for hydroxylation is 2. The Morgan fingerprint density at radius 2 is 1.61 bits per heavy atom. The van der Waals surface area contributed by atoms with E-state index < -0.39 is 5.97 Å². The van der Waals surface area contributed by atoms with Crippen LogP contribution >= 0.6 is 27.7 Å². The summed E-state index contributed by atoms with van der Waals surface area (Å²) >= 11 is 4.29. The number of amides is 2. The third kappa shape index (κ3) is 5.43. The van der Waals surface area contributed by atoms with Crippen molar-refractivity contribution in [3.8, 4) is 5.75 Å². The average Bonchev–Trinajstić information content (AvgIpc) is 3.05. The van der Waals surface area contributed by atoms with E-state index in [2.05, 4.69) is 15.9 Å². The molecule has 4 rings (SSSR count). The number of halogens is 1. The molecule has 1 saturated heterocycles. The fourth-order valence-electron chi connectivity index (χ4n) is 3.23. The highest BCUT2D eigenvalue weighted by molar-refractivity contribution is 9.10. The Kier molecular flexibility index (Phi) is 6.81. The van der Waals surface area contributed by atoms with E-state index in [1.807, 2.05) is 50.2 Å². The predicted octanol–water partition coefficient (Wildman–Crippen LogP) is 6.52. The highest BCUT2D eigenvalue weighted by Gasteiger charge is 2.35. The third-order valence-electron chi connectivity index (χ3n) is 5.08. The Hall–Kier alpha value is -3.16. The fraction of sp³-hybridized carbons (Fsp3) is 0.115. The molecule has 0 aromatic heterocycles. The van der Waals surface area contributed by atoms with Gasteiger partial charge in [0.2, 0.25) is 0 Å². The molecule has 0 saturated carbocycles.